The molecule has 10 rings (SSSR count). The van der Waals surface area contributed by atoms with Crippen molar-refractivity contribution in [1.29, 1.82) is 0 Å². The molecule has 0 radical (unpaired) electrons. The molecule has 0 bridgehead atoms. The second kappa shape index (κ2) is 13.0. The van der Waals surface area contributed by atoms with E-state index in [1.807, 2.05) is 54.6 Å². The monoisotopic (exact) mass is 700 g/mol. The summed E-state index contributed by atoms with van der Waals surface area (Å²) in [7, 11) is 0. The quantitative estimate of drug-likeness (QED) is 0.183. The summed E-state index contributed by atoms with van der Waals surface area (Å²) >= 11 is 0. The van der Waals surface area contributed by atoms with Gasteiger partial charge in [-0.15, -0.1) is 0 Å². The van der Waals surface area contributed by atoms with Gasteiger partial charge in [0.25, 0.3) is 0 Å². The van der Waals surface area contributed by atoms with Crippen molar-refractivity contribution in [3.8, 4) is 56.4 Å². The number of aromatic nitrogens is 4. The SMILES string of the molecule is Cc1ccc(-c2cc3c(c4ccccc24)=NCCC=3)cc1-c1nc(-c2ccccc2)nc(-c2cc(-c3cc4c(c5ncccc35)=NCCC=4)ccc2F)n1. The Labute approximate surface area is 310 Å². The predicted molar refractivity (Wildman–Crippen MR) is 214 cm³/mol. The van der Waals surface area contributed by atoms with Gasteiger partial charge in [0.05, 0.1) is 21.8 Å². The molecule has 8 aromatic rings. The molecule has 7 heteroatoms. The number of aryl methyl sites for hydroxylation is 1. The normalized spacial score (nSPS) is 13.3. The summed E-state index contributed by atoms with van der Waals surface area (Å²) in [6.07, 6.45) is 8.06. The average molecular weight is 701 g/mol. The van der Waals surface area contributed by atoms with Crippen LogP contribution in [0, 0.1) is 12.7 Å². The lowest BCUT2D eigenvalue weighted by Gasteiger charge is -2.15. The largest absolute Gasteiger partial charge is 0.284 e. The number of hydrogen-bond donors (Lipinski definition) is 0. The van der Waals surface area contributed by atoms with Gasteiger partial charge in [0.2, 0.25) is 0 Å². The number of halogens is 1. The molecule has 0 saturated carbocycles. The standard InChI is InChI=1S/C47H33FN6/c1-28-17-18-30(38-26-32-12-7-21-49-42(32)35-15-6-5-14-34(35)38)24-37(28)46-52-45(29-10-3-2-4-11-29)53-47(54-46)40-25-31(19-20-41(40)48)39-27-33-13-8-22-50-43(33)44-36(39)16-9-23-51-44/h2-6,9-20,23-27H,7-8,21-22H2,1H3. The molecule has 0 N–H and O–H groups in total. The van der Waals surface area contributed by atoms with Gasteiger partial charge in [0.1, 0.15) is 5.82 Å². The van der Waals surface area contributed by atoms with Gasteiger partial charge >= 0.3 is 0 Å². The van der Waals surface area contributed by atoms with E-state index in [1.165, 1.54) is 6.07 Å². The van der Waals surface area contributed by atoms with E-state index in [0.717, 1.165) is 108 Å². The zero-order valence-corrected chi connectivity index (χ0v) is 29.6. The first kappa shape index (κ1) is 32.0. The van der Waals surface area contributed by atoms with Crippen molar-refractivity contribution in [1.82, 2.24) is 19.9 Å². The van der Waals surface area contributed by atoms with Gasteiger partial charge in [-0.3, -0.25) is 15.0 Å². The molecule has 0 fully saturated rings. The first-order valence-corrected chi connectivity index (χ1v) is 18.3. The zero-order chi connectivity index (χ0) is 36.2. The maximum absolute atomic E-state index is 16.1. The molecule has 258 valence electrons. The lowest BCUT2D eigenvalue weighted by atomic mass is 9.93. The molecule has 2 aliphatic rings. The molecule has 0 atom stereocenters. The average Bonchev–Trinajstić information content (AvgIpc) is 3.23. The fraction of sp³-hybridized carbons (Fsp3) is 0.106. The molecule has 0 unspecified atom stereocenters. The third-order valence-electron chi connectivity index (χ3n) is 10.4. The highest BCUT2D eigenvalue weighted by molar-refractivity contribution is 5.98. The third kappa shape index (κ3) is 5.48. The number of benzene rings is 6. The molecule has 0 spiro atoms. The highest BCUT2D eigenvalue weighted by atomic mass is 19.1. The predicted octanol–water partition coefficient (Wildman–Crippen LogP) is 7.96. The van der Waals surface area contributed by atoms with Gasteiger partial charge in [-0.2, -0.15) is 0 Å². The van der Waals surface area contributed by atoms with Crippen molar-refractivity contribution in [3.05, 3.63) is 154 Å². The van der Waals surface area contributed by atoms with E-state index < -0.39 is 5.82 Å². The topological polar surface area (TPSA) is 76.3 Å². The van der Waals surface area contributed by atoms with Crippen molar-refractivity contribution >= 4 is 33.8 Å². The molecule has 54 heavy (non-hydrogen) atoms. The Morgan fingerprint density at radius 3 is 1.91 bits per heavy atom. The van der Waals surface area contributed by atoms with Crippen LogP contribution in [0.4, 0.5) is 4.39 Å². The van der Waals surface area contributed by atoms with Crippen LogP contribution in [0.15, 0.2) is 131 Å². The van der Waals surface area contributed by atoms with Crippen molar-refractivity contribution < 1.29 is 4.39 Å². The Bertz CT molecular complexity index is 2900. The number of fused-ring (bicyclic) bond motifs is 6. The Kier molecular flexibility index (Phi) is 7.72. The zero-order valence-electron chi connectivity index (χ0n) is 29.6. The lowest BCUT2D eigenvalue weighted by Crippen LogP contribution is -2.29. The maximum atomic E-state index is 16.1. The van der Waals surface area contributed by atoms with Gasteiger partial charge < -0.3 is 0 Å². The molecule has 6 aromatic carbocycles. The first-order chi connectivity index (χ1) is 26.6. The highest BCUT2D eigenvalue weighted by Crippen LogP contribution is 2.35. The molecule has 0 amide bonds. The Morgan fingerprint density at radius 2 is 1.11 bits per heavy atom. The Hall–Kier alpha value is -6.73. The summed E-state index contributed by atoms with van der Waals surface area (Å²) in [6.45, 7) is 3.60. The smallest absolute Gasteiger partial charge is 0.167 e. The van der Waals surface area contributed by atoms with Crippen LogP contribution in [0.3, 0.4) is 0 Å². The minimum Gasteiger partial charge on any atom is -0.284 e. The van der Waals surface area contributed by atoms with Crippen molar-refractivity contribution in [3.63, 3.8) is 0 Å². The van der Waals surface area contributed by atoms with E-state index in [-0.39, 0.29) is 5.82 Å². The molecule has 4 heterocycles. The van der Waals surface area contributed by atoms with Crippen molar-refractivity contribution in [2.45, 2.75) is 19.8 Å². The number of nitrogens with zero attached hydrogens (tertiary/aromatic N) is 6. The van der Waals surface area contributed by atoms with Crippen LogP contribution in [0.5, 0.6) is 0 Å². The van der Waals surface area contributed by atoms with Crippen molar-refractivity contribution in [2.24, 2.45) is 9.98 Å². The van der Waals surface area contributed by atoms with Crippen LogP contribution in [-0.2, 0) is 0 Å². The summed E-state index contributed by atoms with van der Waals surface area (Å²) in [5, 5.41) is 7.39. The second-order valence-corrected chi connectivity index (χ2v) is 13.8. The summed E-state index contributed by atoms with van der Waals surface area (Å²) in [4.78, 5) is 29.4. The number of hydrogen-bond acceptors (Lipinski definition) is 6. The lowest BCUT2D eigenvalue weighted by molar-refractivity contribution is 0.630. The summed E-state index contributed by atoms with van der Waals surface area (Å²) in [5.74, 6) is 0.802. The van der Waals surface area contributed by atoms with E-state index in [0.29, 0.717) is 17.2 Å². The molecule has 2 aliphatic heterocycles. The van der Waals surface area contributed by atoms with Crippen LogP contribution in [0.25, 0.3) is 90.2 Å². The fourth-order valence-corrected chi connectivity index (χ4v) is 7.78. The van der Waals surface area contributed by atoms with Gasteiger partial charge in [-0.05, 0) is 99.8 Å². The summed E-state index contributed by atoms with van der Waals surface area (Å²) < 4.78 is 16.1. The van der Waals surface area contributed by atoms with Gasteiger partial charge in [-0.1, -0.05) is 91.0 Å². The molecule has 0 saturated heterocycles. The van der Waals surface area contributed by atoms with E-state index in [2.05, 4.69) is 73.7 Å². The highest BCUT2D eigenvalue weighted by Gasteiger charge is 2.19. The summed E-state index contributed by atoms with van der Waals surface area (Å²) in [6, 6.07) is 38.2. The van der Waals surface area contributed by atoms with E-state index >= 15 is 4.39 Å². The van der Waals surface area contributed by atoms with Crippen LogP contribution in [0.2, 0.25) is 0 Å². The van der Waals surface area contributed by atoms with E-state index in [9.17, 15) is 0 Å². The third-order valence-corrected chi connectivity index (χ3v) is 10.4. The van der Waals surface area contributed by atoms with Crippen LogP contribution in [-0.4, -0.2) is 33.0 Å². The van der Waals surface area contributed by atoms with E-state index in [1.54, 1.807) is 6.20 Å². The van der Waals surface area contributed by atoms with Crippen LogP contribution < -0.4 is 21.2 Å². The number of pyridine rings is 1. The molecular formula is C47H33FN6. The van der Waals surface area contributed by atoms with Crippen LogP contribution in [0.1, 0.15) is 18.4 Å². The van der Waals surface area contributed by atoms with Gasteiger partial charge in [0.15, 0.2) is 17.5 Å². The minimum absolute atomic E-state index is 0.264. The van der Waals surface area contributed by atoms with Crippen molar-refractivity contribution in [2.75, 3.05) is 13.1 Å². The summed E-state index contributed by atoms with van der Waals surface area (Å²) in [5.41, 5.74) is 7.77. The van der Waals surface area contributed by atoms with E-state index in [4.69, 9.17) is 29.9 Å². The fourth-order valence-electron chi connectivity index (χ4n) is 7.78. The van der Waals surface area contributed by atoms with Gasteiger partial charge in [0, 0.05) is 41.2 Å². The molecular weight excluding hydrogens is 668 g/mol. The Balaban J connectivity index is 1.17. The molecule has 2 aromatic heterocycles. The van der Waals surface area contributed by atoms with Gasteiger partial charge in [-0.25, -0.2) is 19.3 Å². The minimum atomic E-state index is -0.412. The maximum Gasteiger partial charge on any atom is 0.167 e. The molecule has 0 aliphatic carbocycles. The molecule has 6 nitrogen and oxygen atoms in total. The first-order valence-electron chi connectivity index (χ1n) is 18.3. The van der Waals surface area contributed by atoms with Crippen LogP contribution >= 0.6 is 0 Å². The second-order valence-electron chi connectivity index (χ2n) is 13.8. The number of rotatable bonds is 5. The Morgan fingerprint density at radius 1 is 0.500 bits per heavy atom.